The van der Waals surface area contributed by atoms with Gasteiger partial charge in [0.05, 0.1) is 31.2 Å². The predicted octanol–water partition coefficient (Wildman–Crippen LogP) is 3.68. The number of amides is 1. The number of nitrogens with zero attached hydrogens (tertiary/aromatic N) is 5. The van der Waals surface area contributed by atoms with Crippen molar-refractivity contribution in [1.29, 1.82) is 0 Å². The van der Waals surface area contributed by atoms with Crippen LogP contribution in [-0.2, 0) is 13.2 Å². The van der Waals surface area contributed by atoms with Crippen LogP contribution in [0, 0.1) is 6.92 Å². The number of aromatic nitrogens is 5. The highest BCUT2D eigenvalue weighted by atomic mass is 35.5. The molecule has 0 spiro atoms. The second-order valence-corrected chi connectivity index (χ2v) is 8.34. The first-order chi connectivity index (χ1) is 16.5. The van der Waals surface area contributed by atoms with E-state index in [-0.39, 0.29) is 28.7 Å². The minimum absolute atomic E-state index is 0.0766. The summed E-state index contributed by atoms with van der Waals surface area (Å²) >= 11 is 7.17. The molecule has 174 valence electrons. The van der Waals surface area contributed by atoms with Crippen LogP contribution in [0.15, 0.2) is 42.9 Å². The molecule has 4 aromatic rings. The molecule has 34 heavy (non-hydrogen) atoms. The summed E-state index contributed by atoms with van der Waals surface area (Å²) in [5.74, 6) is 0.0396. The third-order valence-corrected chi connectivity index (χ3v) is 5.63. The minimum Gasteiger partial charge on any atom is -0.494 e. The lowest BCUT2D eigenvalue weighted by Gasteiger charge is -2.13. The molecule has 0 saturated carbocycles. The van der Waals surface area contributed by atoms with Gasteiger partial charge in [0.25, 0.3) is 11.1 Å². The van der Waals surface area contributed by atoms with E-state index in [0.29, 0.717) is 39.4 Å². The van der Waals surface area contributed by atoms with Gasteiger partial charge in [-0.25, -0.2) is 4.98 Å². The monoisotopic (exact) mass is 498 g/mol. The van der Waals surface area contributed by atoms with Crippen molar-refractivity contribution in [2.24, 2.45) is 0 Å². The van der Waals surface area contributed by atoms with Crippen LogP contribution in [0.3, 0.4) is 0 Å². The van der Waals surface area contributed by atoms with Gasteiger partial charge in [-0.05, 0) is 42.0 Å². The number of nitrogens with one attached hydrogen (secondary N) is 1. The van der Waals surface area contributed by atoms with Gasteiger partial charge in [0, 0.05) is 29.2 Å². The van der Waals surface area contributed by atoms with Crippen molar-refractivity contribution in [3.63, 3.8) is 0 Å². The molecule has 0 fully saturated rings. The standard InChI is InChI=1S/C22H19ClN6O4S/c1-12-5-15(16-6-19(23)26-9-18(16)32-2)17(8-24-12)20(31)27-21-28-29-22(34-21)33-11-14-4-3-13(10-30)7-25-14/h3-9,30H,10-11H2,1-2H3,(H,27,28,31). The Hall–Kier alpha value is -3.67. The zero-order valence-electron chi connectivity index (χ0n) is 18.1. The van der Waals surface area contributed by atoms with Crippen molar-refractivity contribution in [2.75, 3.05) is 12.4 Å². The van der Waals surface area contributed by atoms with Crippen molar-refractivity contribution in [3.8, 4) is 22.1 Å². The third kappa shape index (κ3) is 5.45. The van der Waals surface area contributed by atoms with Gasteiger partial charge >= 0.3 is 0 Å². The molecule has 0 bridgehead atoms. The van der Waals surface area contributed by atoms with Crippen molar-refractivity contribution in [2.45, 2.75) is 20.1 Å². The summed E-state index contributed by atoms with van der Waals surface area (Å²) in [6.07, 6.45) is 4.55. The van der Waals surface area contributed by atoms with E-state index < -0.39 is 5.91 Å². The summed E-state index contributed by atoms with van der Waals surface area (Å²) in [6, 6.07) is 6.91. The Morgan fingerprint density at radius 3 is 2.71 bits per heavy atom. The fraction of sp³-hybridized carbons (Fsp3) is 0.182. The molecule has 1 amide bonds. The highest BCUT2D eigenvalue weighted by Crippen LogP contribution is 2.34. The number of ether oxygens (including phenoxy) is 2. The summed E-state index contributed by atoms with van der Waals surface area (Å²) in [5, 5.41) is 20.5. The molecule has 0 aliphatic heterocycles. The van der Waals surface area contributed by atoms with Crippen LogP contribution in [0.1, 0.15) is 27.3 Å². The summed E-state index contributed by atoms with van der Waals surface area (Å²) in [5.41, 5.74) is 3.59. The first-order valence-electron chi connectivity index (χ1n) is 9.95. The average Bonchev–Trinajstić information content (AvgIpc) is 3.30. The Bertz CT molecular complexity index is 1320. The van der Waals surface area contributed by atoms with E-state index >= 15 is 0 Å². The number of methoxy groups -OCH3 is 1. The number of pyridine rings is 3. The average molecular weight is 499 g/mol. The van der Waals surface area contributed by atoms with Crippen molar-refractivity contribution in [3.05, 3.63) is 70.5 Å². The number of aliphatic hydroxyl groups excluding tert-OH is 1. The van der Waals surface area contributed by atoms with E-state index in [4.69, 9.17) is 26.2 Å². The normalized spacial score (nSPS) is 10.7. The molecule has 2 N–H and O–H groups in total. The summed E-state index contributed by atoms with van der Waals surface area (Å²) in [7, 11) is 1.52. The minimum atomic E-state index is -0.429. The SMILES string of the molecule is COc1cnc(Cl)cc1-c1cc(C)ncc1C(=O)Nc1nnc(OCc2ccc(CO)cn2)s1. The first kappa shape index (κ1) is 23.5. The van der Waals surface area contributed by atoms with Gasteiger partial charge in [-0.3, -0.25) is 20.1 Å². The van der Waals surface area contributed by atoms with Gasteiger partial charge in [-0.2, -0.15) is 0 Å². The van der Waals surface area contributed by atoms with E-state index in [0.717, 1.165) is 11.3 Å². The molecule has 12 heteroatoms. The molecule has 0 aliphatic carbocycles. The maximum atomic E-state index is 13.1. The fourth-order valence-corrected chi connectivity index (χ4v) is 3.76. The molecule has 0 aliphatic rings. The fourth-order valence-electron chi connectivity index (χ4n) is 3.01. The molecule has 0 aromatic carbocycles. The number of carbonyl (C=O) groups is 1. The maximum Gasteiger partial charge on any atom is 0.296 e. The Balaban J connectivity index is 1.50. The Morgan fingerprint density at radius 1 is 1.12 bits per heavy atom. The van der Waals surface area contributed by atoms with Gasteiger partial charge < -0.3 is 14.6 Å². The Labute approximate surface area is 203 Å². The van der Waals surface area contributed by atoms with Crippen molar-refractivity contribution >= 4 is 34.0 Å². The number of aliphatic hydroxyl groups is 1. The predicted molar refractivity (Wildman–Crippen MR) is 126 cm³/mol. The van der Waals surface area contributed by atoms with E-state index in [1.165, 1.54) is 19.5 Å². The van der Waals surface area contributed by atoms with Crippen LogP contribution < -0.4 is 14.8 Å². The molecule has 0 atom stereocenters. The topological polar surface area (TPSA) is 132 Å². The van der Waals surface area contributed by atoms with E-state index in [1.807, 2.05) is 6.92 Å². The largest absolute Gasteiger partial charge is 0.494 e. The smallest absolute Gasteiger partial charge is 0.296 e. The first-order valence-corrected chi connectivity index (χ1v) is 11.1. The lowest BCUT2D eigenvalue weighted by molar-refractivity contribution is 0.102. The molecule has 4 heterocycles. The number of hydrogen-bond donors (Lipinski definition) is 2. The van der Waals surface area contributed by atoms with Crippen LogP contribution in [0.25, 0.3) is 11.1 Å². The second kappa shape index (κ2) is 10.5. The zero-order chi connectivity index (χ0) is 24.1. The summed E-state index contributed by atoms with van der Waals surface area (Å²) < 4.78 is 11.0. The molecule has 0 radical (unpaired) electrons. The van der Waals surface area contributed by atoms with Crippen molar-refractivity contribution < 1.29 is 19.4 Å². The van der Waals surface area contributed by atoms with E-state index in [2.05, 4.69) is 30.5 Å². The number of rotatable bonds is 8. The second-order valence-electron chi connectivity index (χ2n) is 7.01. The van der Waals surface area contributed by atoms with Crippen LogP contribution in [0.5, 0.6) is 10.9 Å². The molecular weight excluding hydrogens is 480 g/mol. The summed E-state index contributed by atoms with van der Waals surface area (Å²) in [6.45, 7) is 1.91. The number of anilines is 1. The lowest BCUT2D eigenvalue weighted by Crippen LogP contribution is -2.14. The Morgan fingerprint density at radius 2 is 1.97 bits per heavy atom. The van der Waals surface area contributed by atoms with Crippen LogP contribution >= 0.6 is 22.9 Å². The molecule has 10 nitrogen and oxygen atoms in total. The quantitative estimate of drug-likeness (QED) is 0.349. The van der Waals surface area contributed by atoms with Gasteiger partial charge in [0.1, 0.15) is 17.5 Å². The molecular formula is C22H19ClN6O4S. The van der Waals surface area contributed by atoms with E-state index in [1.54, 1.807) is 30.5 Å². The molecule has 4 aromatic heterocycles. The third-order valence-electron chi connectivity index (χ3n) is 4.67. The van der Waals surface area contributed by atoms with Crippen molar-refractivity contribution in [1.82, 2.24) is 25.1 Å². The number of carbonyl (C=O) groups excluding carboxylic acids is 1. The van der Waals surface area contributed by atoms with E-state index in [9.17, 15) is 4.79 Å². The van der Waals surface area contributed by atoms with Gasteiger partial charge in [0.15, 0.2) is 0 Å². The summed E-state index contributed by atoms with van der Waals surface area (Å²) in [4.78, 5) is 25.6. The van der Waals surface area contributed by atoms with Gasteiger partial charge in [-0.1, -0.05) is 22.8 Å². The number of hydrogen-bond acceptors (Lipinski definition) is 10. The maximum absolute atomic E-state index is 13.1. The number of halogens is 1. The zero-order valence-corrected chi connectivity index (χ0v) is 19.7. The van der Waals surface area contributed by atoms with Crippen LogP contribution in [0.4, 0.5) is 5.13 Å². The Kier molecular flexibility index (Phi) is 7.26. The highest BCUT2D eigenvalue weighted by molar-refractivity contribution is 7.17. The van der Waals surface area contributed by atoms with Crippen LogP contribution in [-0.4, -0.2) is 43.3 Å². The molecule has 0 saturated heterocycles. The molecule has 4 rings (SSSR count). The van der Waals surface area contributed by atoms with Gasteiger partial charge in [0.2, 0.25) is 5.13 Å². The lowest BCUT2D eigenvalue weighted by atomic mass is 10.0. The molecule has 0 unspecified atom stereocenters. The highest BCUT2D eigenvalue weighted by Gasteiger charge is 2.19. The van der Waals surface area contributed by atoms with Gasteiger partial charge in [-0.15, -0.1) is 5.10 Å². The van der Waals surface area contributed by atoms with Crippen LogP contribution in [0.2, 0.25) is 5.15 Å². The number of aryl methyl sites for hydroxylation is 1.